The number of fused-ring (bicyclic) bond motifs is 2. The van der Waals surface area contributed by atoms with E-state index in [-0.39, 0.29) is 0 Å². The topological polar surface area (TPSA) is 30.2 Å². The zero-order valence-corrected chi connectivity index (χ0v) is 12.1. The van der Waals surface area contributed by atoms with Gasteiger partial charge < -0.3 is 0 Å². The fraction of sp³-hybridized carbons (Fsp3) is 0.0588. The Hall–Kier alpha value is -2.33. The zero-order valence-electron chi connectivity index (χ0n) is 11.3. The normalized spacial score (nSPS) is 11.2. The molecule has 0 unspecified atom stereocenters. The summed E-state index contributed by atoms with van der Waals surface area (Å²) in [6.07, 6.45) is 2.00. The van der Waals surface area contributed by atoms with Gasteiger partial charge in [-0.25, -0.2) is 0 Å². The molecule has 0 aliphatic rings. The second-order valence-corrected chi connectivity index (χ2v) is 5.78. The third kappa shape index (κ3) is 2.28. The number of aromatic nitrogens is 3. The Kier molecular flexibility index (Phi) is 3.09. The maximum Gasteiger partial charge on any atom is 0.195 e. The first-order chi connectivity index (χ1) is 10.4. The van der Waals surface area contributed by atoms with Gasteiger partial charge in [0.1, 0.15) is 0 Å². The molecule has 0 bridgehead atoms. The molecule has 2 aromatic carbocycles. The van der Waals surface area contributed by atoms with Crippen LogP contribution in [-0.4, -0.2) is 14.6 Å². The summed E-state index contributed by atoms with van der Waals surface area (Å²) in [6, 6.07) is 20.9. The van der Waals surface area contributed by atoms with E-state index in [2.05, 4.69) is 52.7 Å². The summed E-state index contributed by atoms with van der Waals surface area (Å²) in [5, 5.41) is 12.0. The van der Waals surface area contributed by atoms with E-state index in [4.69, 9.17) is 0 Å². The van der Waals surface area contributed by atoms with Crippen LogP contribution in [0.25, 0.3) is 16.4 Å². The summed E-state index contributed by atoms with van der Waals surface area (Å²) in [5.74, 6) is 0.886. The Labute approximate surface area is 126 Å². The molecule has 21 heavy (non-hydrogen) atoms. The molecular weight excluding hydrogens is 278 g/mol. The van der Waals surface area contributed by atoms with Gasteiger partial charge in [-0.3, -0.25) is 4.40 Å². The zero-order chi connectivity index (χ0) is 14.1. The number of thioether (sulfide) groups is 1. The third-order valence-corrected chi connectivity index (χ3v) is 4.51. The van der Waals surface area contributed by atoms with Crippen molar-refractivity contribution in [3.8, 4) is 0 Å². The van der Waals surface area contributed by atoms with Gasteiger partial charge in [0, 0.05) is 11.9 Å². The van der Waals surface area contributed by atoms with Crippen LogP contribution in [0.15, 0.2) is 72.0 Å². The molecule has 2 aromatic heterocycles. The average Bonchev–Trinajstić information content (AvgIpc) is 2.96. The molecule has 102 valence electrons. The summed E-state index contributed by atoms with van der Waals surface area (Å²) < 4.78 is 2.02. The number of rotatable bonds is 3. The summed E-state index contributed by atoms with van der Waals surface area (Å²) in [6.45, 7) is 0. The highest BCUT2D eigenvalue weighted by Gasteiger charge is 2.07. The van der Waals surface area contributed by atoms with Crippen molar-refractivity contribution in [3.05, 3.63) is 72.4 Å². The van der Waals surface area contributed by atoms with Crippen molar-refractivity contribution in [2.45, 2.75) is 10.9 Å². The molecule has 0 saturated carbocycles. The average molecular weight is 291 g/mol. The minimum atomic E-state index is 0.886. The van der Waals surface area contributed by atoms with E-state index >= 15 is 0 Å². The van der Waals surface area contributed by atoms with Crippen LogP contribution in [0.3, 0.4) is 0 Å². The van der Waals surface area contributed by atoms with E-state index in [1.807, 2.05) is 28.8 Å². The van der Waals surface area contributed by atoms with Crippen molar-refractivity contribution in [2.75, 3.05) is 0 Å². The number of nitrogens with zero attached hydrogens (tertiary/aromatic N) is 3. The Morgan fingerprint density at radius 3 is 2.71 bits per heavy atom. The number of hydrogen-bond donors (Lipinski definition) is 0. The number of benzene rings is 2. The van der Waals surface area contributed by atoms with Crippen molar-refractivity contribution < 1.29 is 0 Å². The lowest BCUT2D eigenvalue weighted by Crippen LogP contribution is -1.88. The molecule has 3 nitrogen and oxygen atoms in total. The Morgan fingerprint density at radius 1 is 0.857 bits per heavy atom. The summed E-state index contributed by atoms with van der Waals surface area (Å²) in [7, 11) is 0. The van der Waals surface area contributed by atoms with Crippen LogP contribution >= 0.6 is 11.8 Å². The first kappa shape index (κ1) is 12.4. The standard InChI is InChI=1S/C17H13N3S/c1-2-9-15-13(6-1)7-5-8-14(15)12-21-17-19-18-16-10-3-4-11-20(16)17/h1-11H,12H2. The Morgan fingerprint density at radius 2 is 1.71 bits per heavy atom. The van der Waals surface area contributed by atoms with Gasteiger partial charge in [-0.05, 0) is 28.5 Å². The molecule has 4 heteroatoms. The molecule has 4 aromatic rings. The minimum absolute atomic E-state index is 0.886. The molecule has 4 rings (SSSR count). The number of pyridine rings is 1. The molecule has 2 heterocycles. The van der Waals surface area contributed by atoms with Gasteiger partial charge >= 0.3 is 0 Å². The summed E-state index contributed by atoms with van der Waals surface area (Å²) >= 11 is 1.71. The number of hydrogen-bond acceptors (Lipinski definition) is 3. The van der Waals surface area contributed by atoms with Gasteiger partial charge in [-0.1, -0.05) is 60.3 Å². The van der Waals surface area contributed by atoms with E-state index in [9.17, 15) is 0 Å². The van der Waals surface area contributed by atoms with Gasteiger partial charge in [0.2, 0.25) is 0 Å². The first-order valence-electron chi connectivity index (χ1n) is 6.81. The predicted octanol–water partition coefficient (Wildman–Crippen LogP) is 4.17. The van der Waals surface area contributed by atoms with E-state index in [0.717, 1.165) is 16.6 Å². The third-order valence-electron chi connectivity index (χ3n) is 3.52. The first-order valence-corrected chi connectivity index (χ1v) is 7.79. The van der Waals surface area contributed by atoms with Crippen LogP contribution in [0.4, 0.5) is 0 Å². The van der Waals surface area contributed by atoms with Crippen LogP contribution in [0.1, 0.15) is 5.56 Å². The van der Waals surface area contributed by atoms with Crippen molar-refractivity contribution in [2.24, 2.45) is 0 Å². The monoisotopic (exact) mass is 291 g/mol. The van der Waals surface area contributed by atoms with Gasteiger partial charge in [-0.15, -0.1) is 10.2 Å². The lowest BCUT2D eigenvalue weighted by atomic mass is 10.1. The molecular formula is C17H13N3S. The van der Waals surface area contributed by atoms with Crippen LogP contribution in [0.2, 0.25) is 0 Å². The van der Waals surface area contributed by atoms with E-state index < -0.39 is 0 Å². The van der Waals surface area contributed by atoms with Gasteiger partial charge in [0.25, 0.3) is 0 Å². The van der Waals surface area contributed by atoms with Crippen LogP contribution in [-0.2, 0) is 5.75 Å². The minimum Gasteiger partial charge on any atom is -0.277 e. The lowest BCUT2D eigenvalue weighted by Gasteiger charge is -2.05. The second-order valence-electron chi connectivity index (χ2n) is 4.84. The van der Waals surface area contributed by atoms with E-state index in [1.54, 1.807) is 11.8 Å². The molecule has 0 amide bonds. The maximum atomic E-state index is 4.27. The van der Waals surface area contributed by atoms with Crippen molar-refractivity contribution in [1.29, 1.82) is 0 Å². The van der Waals surface area contributed by atoms with Crippen LogP contribution in [0.5, 0.6) is 0 Å². The molecule has 0 N–H and O–H groups in total. The highest BCUT2D eigenvalue weighted by atomic mass is 32.2. The van der Waals surface area contributed by atoms with Gasteiger partial charge in [0.05, 0.1) is 0 Å². The van der Waals surface area contributed by atoms with Crippen molar-refractivity contribution >= 4 is 28.2 Å². The quantitative estimate of drug-likeness (QED) is 0.531. The van der Waals surface area contributed by atoms with Gasteiger partial charge in [-0.2, -0.15) is 0 Å². The molecule has 0 fully saturated rings. The molecule has 0 radical (unpaired) electrons. The Bertz CT molecular complexity index is 909. The summed E-state index contributed by atoms with van der Waals surface area (Å²) in [4.78, 5) is 0. The highest BCUT2D eigenvalue weighted by Crippen LogP contribution is 2.26. The smallest absolute Gasteiger partial charge is 0.195 e. The fourth-order valence-corrected chi connectivity index (χ4v) is 3.41. The maximum absolute atomic E-state index is 4.27. The molecule has 0 aliphatic carbocycles. The highest BCUT2D eigenvalue weighted by molar-refractivity contribution is 7.98. The molecule has 0 spiro atoms. The SMILES string of the molecule is c1ccc2c(CSc3nnc4ccccn34)cccc2c1. The lowest BCUT2D eigenvalue weighted by molar-refractivity contribution is 0.921. The second kappa shape index (κ2) is 5.22. The van der Waals surface area contributed by atoms with Crippen LogP contribution in [0, 0.1) is 0 Å². The predicted molar refractivity (Wildman–Crippen MR) is 86.5 cm³/mol. The van der Waals surface area contributed by atoms with Crippen molar-refractivity contribution in [1.82, 2.24) is 14.6 Å². The largest absolute Gasteiger partial charge is 0.277 e. The fourth-order valence-electron chi connectivity index (χ4n) is 2.48. The molecule has 0 saturated heterocycles. The van der Waals surface area contributed by atoms with E-state index in [1.165, 1.54) is 16.3 Å². The summed E-state index contributed by atoms with van der Waals surface area (Å²) in [5.41, 5.74) is 2.21. The van der Waals surface area contributed by atoms with Crippen LogP contribution < -0.4 is 0 Å². The Balaban J connectivity index is 1.67. The van der Waals surface area contributed by atoms with Gasteiger partial charge in [0.15, 0.2) is 10.8 Å². The molecule has 0 aliphatic heterocycles. The van der Waals surface area contributed by atoms with E-state index in [0.29, 0.717) is 0 Å². The molecule has 0 atom stereocenters. The van der Waals surface area contributed by atoms with Crippen molar-refractivity contribution in [3.63, 3.8) is 0 Å².